The summed E-state index contributed by atoms with van der Waals surface area (Å²) in [7, 11) is 0. The molecular formula is C20H20ClF3N4O. The van der Waals surface area contributed by atoms with Gasteiger partial charge in [0.1, 0.15) is 0 Å². The van der Waals surface area contributed by atoms with Gasteiger partial charge in [0, 0.05) is 23.5 Å². The van der Waals surface area contributed by atoms with Crippen LogP contribution in [0.2, 0.25) is 0 Å². The van der Waals surface area contributed by atoms with E-state index in [2.05, 4.69) is 15.6 Å². The number of carbonyl (C=O) groups excluding carboxylic acids is 1. The number of hydrogen-bond donors (Lipinski definition) is 3. The highest BCUT2D eigenvalue weighted by Gasteiger charge is 2.30. The molecule has 2 rings (SSSR count). The van der Waals surface area contributed by atoms with Crippen molar-refractivity contribution in [1.29, 1.82) is 0 Å². The first-order valence-electron chi connectivity index (χ1n) is 8.60. The number of nitrogens with one attached hydrogen (secondary N) is 2. The van der Waals surface area contributed by atoms with E-state index >= 15 is 0 Å². The Bertz CT molecular complexity index is 893. The molecule has 2 amide bonds. The van der Waals surface area contributed by atoms with Crippen LogP contribution in [0.4, 0.5) is 29.3 Å². The minimum atomic E-state index is -4.48. The van der Waals surface area contributed by atoms with Crippen LogP contribution in [0.3, 0.4) is 0 Å². The zero-order valence-corrected chi connectivity index (χ0v) is 16.3. The maximum absolute atomic E-state index is 12.7. The monoisotopic (exact) mass is 424 g/mol. The Morgan fingerprint density at radius 1 is 1.17 bits per heavy atom. The molecule has 0 aliphatic heterocycles. The molecule has 154 valence electrons. The van der Waals surface area contributed by atoms with Crippen molar-refractivity contribution in [2.75, 3.05) is 10.6 Å². The highest BCUT2D eigenvalue weighted by Crippen LogP contribution is 2.30. The molecule has 0 aliphatic rings. The summed E-state index contributed by atoms with van der Waals surface area (Å²) in [6.45, 7) is 1.81. The molecule has 0 saturated heterocycles. The standard InChI is InChI=1S/C20H20ClF3N4O/c1-13(21)9-18(26-12-25)10-14-5-7-16(8-6-14)27-19(29)28-17-4-2-3-15(11-17)20(22,23)24/h2-9,11-13H,10H2,1H3,(H2,25,26)(H2,27,28,29)/b18-9-. The predicted octanol–water partition coefficient (Wildman–Crippen LogP) is 5.39. The number of halogens is 4. The molecule has 29 heavy (non-hydrogen) atoms. The summed E-state index contributed by atoms with van der Waals surface area (Å²) >= 11 is 5.95. The van der Waals surface area contributed by atoms with Crippen molar-refractivity contribution in [2.24, 2.45) is 10.7 Å². The van der Waals surface area contributed by atoms with Gasteiger partial charge in [0.05, 0.1) is 17.3 Å². The lowest BCUT2D eigenvalue weighted by Gasteiger charge is -2.11. The number of urea groups is 1. The Hall–Kier alpha value is -3.00. The molecule has 0 spiro atoms. The number of benzene rings is 2. The van der Waals surface area contributed by atoms with Crippen LogP contribution in [0.15, 0.2) is 65.3 Å². The zero-order chi connectivity index (χ0) is 21.4. The normalized spacial score (nSPS) is 13.3. The number of nitrogens with zero attached hydrogens (tertiary/aromatic N) is 1. The minimum Gasteiger partial charge on any atom is -0.390 e. The maximum Gasteiger partial charge on any atom is 0.416 e. The van der Waals surface area contributed by atoms with Gasteiger partial charge in [0.15, 0.2) is 0 Å². The van der Waals surface area contributed by atoms with Crippen LogP contribution >= 0.6 is 11.6 Å². The van der Waals surface area contributed by atoms with Crippen molar-refractivity contribution in [3.8, 4) is 0 Å². The van der Waals surface area contributed by atoms with Gasteiger partial charge in [0.25, 0.3) is 0 Å². The molecule has 4 N–H and O–H groups in total. The van der Waals surface area contributed by atoms with Crippen molar-refractivity contribution in [2.45, 2.75) is 24.9 Å². The molecule has 0 aromatic heterocycles. The van der Waals surface area contributed by atoms with Gasteiger partial charge >= 0.3 is 12.2 Å². The average Bonchev–Trinajstić information content (AvgIpc) is 2.62. The molecule has 2 aromatic rings. The highest BCUT2D eigenvalue weighted by molar-refractivity contribution is 6.21. The van der Waals surface area contributed by atoms with E-state index in [1.165, 1.54) is 18.5 Å². The number of aliphatic imine (C=N–C) groups is 1. The van der Waals surface area contributed by atoms with Crippen LogP contribution in [0.25, 0.3) is 0 Å². The molecule has 2 aromatic carbocycles. The third-order valence-corrected chi connectivity index (χ3v) is 3.83. The fourth-order valence-electron chi connectivity index (χ4n) is 2.49. The third kappa shape index (κ3) is 7.50. The second-order valence-corrected chi connectivity index (χ2v) is 6.83. The number of rotatable bonds is 6. The molecule has 1 unspecified atom stereocenters. The summed E-state index contributed by atoms with van der Waals surface area (Å²) in [6.07, 6.45) is -1.01. The van der Waals surface area contributed by atoms with Crippen LogP contribution in [0, 0.1) is 0 Å². The quantitative estimate of drug-likeness (QED) is 0.330. The molecule has 9 heteroatoms. The lowest BCUT2D eigenvalue weighted by atomic mass is 10.1. The first-order chi connectivity index (χ1) is 13.7. The Morgan fingerprint density at radius 3 is 2.41 bits per heavy atom. The number of nitrogens with two attached hydrogens (primary N) is 1. The molecule has 0 bridgehead atoms. The summed E-state index contributed by atoms with van der Waals surface area (Å²) in [6, 6.07) is 10.7. The number of amides is 2. The molecule has 0 aliphatic carbocycles. The Labute approximate surface area is 171 Å². The van der Waals surface area contributed by atoms with Gasteiger partial charge in [-0.2, -0.15) is 13.2 Å². The van der Waals surface area contributed by atoms with E-state index in [-0.39, 0.29) is 11.1 Å². The largest absolute Gasteiger partial charge is 0.416 e. The van der Waals surface area contributed by atoms with Crippen molar-refractivity contribution < 1.29 is 18.0 Å². The second kappa shape index (κ2) is 9.97. The van der Waals surface area contributed by atoms with Crippen molar-refractivity contribution in [3.05, 3.63) is 71.4 Å². The summed E-state index contributed by atoms with van der Waals surface area (Å²) in [5.41, 5.74) is 6.65. The number of anilines is 2. The lowest BCUT2D eigenvalue weighted by Crippen LogP contribution is -2.19. The number of hydrogen-bond acceptors (Lipinski definition) is 2. The molecule has 0 heterocycles. The smallest absolute Gasteiger partial charge is 0.390 e. The van der Waals surface area contributed by atoms with E-state index in [0.29, 0.717) is 17.8 Å². The van der Waals surface area contributed by atoms with Crippen molar-refractivity contribution in [3.63, 3.8) is 0 Å². The fourth-order valence-corrected chi connectivity index (χ4v) is 2.64. The minimum absolute atomic E-state index is 0.0403. The van der Waals surface area contributed by atoms with E-state index in [9.17, 15) is 18.0 Å². The van der Waals surface area contributed by atoms with Crippen LogP contribution in [-0.2, 0) is 12.6 Å². The molecule has 5 nitrogen and oxygen atoms in total. The predicted molar refractivity (Wildman–Crippen MR) is 110 cm³/mol. The van der Waals surface area contributed by atoms with Crippen molar-refractivity contribution in [1.82, 2.24) is 0 Å². The summed E-state index contributed by atoms with van der Waals surface area (Å²) in [4.78, 5) is 16.1. The van der Waals surface area contributed by atoms with Crippen molar-refractivity contribution >= 4 is 35.3 Å². The first kappa shape index (κ1) is 22.3. The van der Waals surface area contributed by atoms with Crippen LogP contribution in [-0.4, -0.2) is 17.7 Å². The zero-order valence-electron chi connectivity index (χ0n) is 15.5. The van der Waals surface area contributed by atoms with Gasteiger partial charge in [-0.3, -0.25) is 0 Å². The van der Waals surface area contributed by atoms with Gasteiger partial charge in [-0.1, -0.05) is 18.2 Å². The number of carbonyl (C=O) groups is 1. The van der Waals surface area contributed by atoms with Crippen LogP contribution in [0.5, 0.6) is 0 Å². The topological polar surface area (TPSA) is 79.5 Å². The molecule has 0 saturated carbocycles. The van der Waals surface area contributed by atoms with Gasteiger partial charge in [-0.25, -0.2) is 9.79 Å². The molecule has 0 radical (unpaired) electrons. The van der Waals surface area contributed by atoms with E-state index in [4.69, 9.17) is 17.3 Å². The fraction of sp³-hybridized carbons (Fsp3) is 0.200. The summed E-state index contributed by atoms with van der Waals surface area (Å²) in [5.74, 6) is 0. The van der Waals surface area contributed by atoms with Gasteiger partial charge < -0.3 is 16.4 Å². The van der Waals surface area contributed by atoms with Crippen LogP contribution < -0.4 is 16.4 Å². The van der Waals surface area contributed by atoms with E-state index in [1.807, 2.05) is 6.92 Å². The number of alkyl halides is 4. The van der Waals surface area contributed by atoms with E-state index < -0.39 is 17.8 Å². The number of allylic oxidation sites excluding steroid dienone is 2. The summed E-state index contributed by atoms with van der Waals surface area (Å²) < 4.78 is 38.2. The maximum atomic E-state index is 12.7. The summed E-state index contributed by atoms with van der Waals surface area (Å²) in [5, 5.41) is 4.75. The van der Waals surface area contributed by atoms with E-state index in [1.54, 1.807) is 30.3 Å². The average molecular weight is 425 g/mol. The first-order valence-corrected chi connectivity index (χ1v) is 9.04. The second-order valence-electron chi connectivity index (χ2n) is 6.15. The molecular weight excluding hydrogens is 405 g/mol. The molecule has 0 fully saturated rings. The Balaban J connectivity index is 2.00. The highest BCUT2D eigenvalue weighted by atomic mass is 35.5. The molecule has 1 atom stereocenters. The van der Waals surface area contributed by atoms with Gasteiger partial charge in [-0.15, -0.1) is 11.6 Å². The third-order valence-electron chi connectivity index (χ3n) is 3.71. The van der Waals surface area contributed by atoms with Gasteiger partial charge in [0.2, 0.25) is 0 Å². The van der Waals surface area contributed by atoms with E-state index in [0.717, 1.165) is 17.7 Å². The Kier molecular flexibility index (Phi) is 7.67. The lowest BCUT2D eigenvalue weighted by molar-refractivity contribution is -0.137. The van der Waals surface area contributed by atoms with Crippen LogP contribution in [0.1, 0.15) is 18.1 Å². The van der Waals surface area contributed by atoms with Gasteiger partial charge in [-0.05, 0) is 48.9 Å². The SMILES string of the molecule is CC(Cl)/C=C(/Cc1ccc(NC(=O)Nc2cccc(C(F)(F)F)c2)cc1)N=CN. The Morgan fingerprint density at radius 2 is 1.83 bits per heavy atom.